The molecule has 0 aliphatic heterocycles. The van der Waals surface area contributed by atoms with Crippen molar-refractivity contribution in [3.8, 4) is 5.69 Å². The van der Waals surface area contributed by atoms with Gasteiger partial charge in [-0.25, -0.2) is 14.2 Å². The summed E-state index contributed by atoms with van der Waals surface area (Å²) in [5, 5.41) is 11.9. The van der Waals surface area contributed by atoms with Gasteiger partial charge in [-0.3, -0.25) is 4.79 Å². The summed E-state index contributed by atoms with van der Waals surface area (Å²) in [4.78, 5) is 21.0. The summed E-state index contributed by atoms with van der Waals surface area (Å²) in [6.45, 7) is 6.47. The monoisotopic (exact) mass is 403 g/mol. The molecule has 0 saturated heterocycles. The van der Waals surface area contributed by atoms with Crippen LogP contribution in [0.1, 0.15) is 34.9 Å². The van der Waals surface area contributed by atoms with Gasteiger partial charge in [-0.1, -0.05) is 18.2 Å². The Morgan fingerprint density at radius 3 is 2.67 bits per heavy atom. The molecule has 4 aromatic rings. The van der Waals surface area contributed by atoms with Gasteiger partial charge in [-0.15, -0.1) is 5.10 Å². The second-order valence-corrected chi connectivity index (χ2v) is 7.43. The van der Waals surface area contributed by atoms with E-state index in [0.717, 1.165) is 35.6 Å². The van der Waals surface area contributed by atoms with Gasteiger partial charge in [-0.05, 0) is 57.4 Å². The Bertz CT molecular complexity index is 1180. The first-order valence-electron chi connectivity index (χ1n) is 10.1. The van der Waals surface area contributed by atoms with Gasteiger partial charge < -0.3 is 5.32 Å². The molecule has 30 heavy (non-hydrogen) atoms. The molecule has 0 radical (unpaired) electrons. The van der Waals surface area contributed by atoms with Crippen LogP contribution in [0, 0.1) is 20.8 Å². The smallest absolute Gasteiger partial charge is 0.252 e. The summed E-state index contributed by atoms with van der Waals surface area (Å²) < 4.78 is 3.57. The third kappa shape index (κ3) is 4.37. The molecule has 0 atom stereocenters. The van der Waals surface area contributed by atoms with Gasteiger partial charge in [0.2, 0.25) is 5.91 Å². The summed E-state index contributed by atoms with van der Waals surface area (Å²) in [6, 6.07) is 12.0. The van der Waals surface area contributed by atoms with Crippen molar-refractivity contribution in [3.05, 3.63) is 71.1 Å². The van der Waals surface area contributed by atoms with E-state index in [0.29, 0.717) is 18.1 Å². The van der Waals surface area contributed by atoms with E-state index in [4.69, 9.17) is 0 Å². The number of hydrogen-bond acceptors (Lipinski definition) is 5. The van der Waals surface area contributed by atoms with Gasteiger partial charge in [0.05, 0.1) is 17.8 Å². The number of aryl methyl sites for hydroxylation is 4. The molecule has 0 unspecified atom stereocenters. The van der Waals surface area contributed by atoms with Crippen molar-refractivity contribution in [2.24, 2.45) is 0 Å². The van der Waals surface area contributed by atoms with Crippen LogP contribution in [0.25, 0.3) is 11.5 Å². The van der Waals surface area contributed by atoms with Crippen molar-refractivity contribution >= 4 is 11.7 Å². The van der Waals surface area contributed by atoms with Crippen molar-refractivity contribution in [1.82, 2.24) is 34.7 Å². The maximum atomic E-state index is 12.3. The summed E-state index contributed by atoms with van der Waals surface area (Å²) in [6.07, 6.45) is 3.90. The fraction of sp³-hybridized carbons (Fsp3) is 0.318. The van der Waals surface area contributed by atoms with E-state index in [2.05, 4.69) is 31.7 Å². The molecule has 0 aliphatic rings. The Kier molecular flexibility index (Phi) is 5.56. The average Bonchev–Trinajstić information content (AvgIpc) is 3.29. The van der Waals surface area contributed by atoms with Crippen molar-refractivity contribution in [1.29, 1.82) is 0 Å². The highest BCUT2D eigenvalue weighted by Gasteiger charge is 2.12. The minimum absolute atomic E-state index is 0.0861. The highest BCUT2D eigenvalue weighted by atomic mass is 16.1. The fourth-order valence-electron chi connectivity index (χ4n) is 3.45. The van der Waals surface area contributed by atoms with Crippen LogP contribution in [0.2, 0.25) is 0 Å². The van der Waals surface area contributed by atoms with E-state index < -0.39 is 0 Å². The van der Waals surface area contributed by atoms with E-state index in [1.807, 2.05) is 61.9 Å². The standard InChI is InChI=1S/C22H25N7O/c1-15-12-16(2)29-22(24-15)25-20(27-29)13-21(30)23-11-7-8-18-14-28(26-17(18)3)19-9-5-4-6-10-19/h4-6,9-10,12,14H,7-8,11,13H2,1-3H3,(H,23,30). The fourth-order valence-corrected chi connectivity index (χ4v) is 3.45. The van der Waals surface area contributed by atoms with Crippen LogP contribution in [0.3, 0.4) is 0 Å². The van der Waals surface area contributed by atoms with Crippen molar-refractivity contribution in [2.75, 3.05) is 6.54 Å². The Hall–Kier alpha value is -3.55. The Morgan fingerprint density at radius 2 is 1.87 bits per heavy atom. The van der Waals surface area contributed by atoms with Crippen molar-refractivity contribution in [2.45, 2.75) is 40.0 Å². The minimum atomic E-state index is -0.0861. The predicted molar refractivity (Wildman–Crippen MR) is 114 cm³/mol. The first-order chi connectivity index (χ1) is 14.5. The van der Waals surface area contributed by atoms with Crippen LogP contribution in [0.15, 0.2) is 42.6 Å². The molecule has 1 N–H and O–H groups in total. The summed E-state index contributed by atoms with van der Waals surface area (Å²) >= 11 is 0. The number of fused-ring (bicyclic) bond motifs is 1. The number of amides is 1. The van der Waals surface area contributed by atoms with E-state index in [9.17, 15) is 4.79 Å². The molecule has 0 aliphatic carbocycles. The van der Waals surface area contributed by atoms with Gasteiger partial charge >= 0.3 is 0 Å². The number of hydrogen-bond donors (Lipinski definition) is 1. The zero-order chi connectivity index (χ0) is 21.1. The number of nitrogens with zero attached hydrogens (tertiary/aromatic N) is 6. The summed E-state index contributed by atoms with van der Waals surface area (Å²) in [7, 11) is 0. The number of carbonyl (C=O) groups excluding carboxylic acids is 1. The lowest BCUT2D eigenvalue weighted by Gasteiger charge is -2.03. The first kappa shape index (κ1) is 19.8. The highest BCUT2D eigenvalue weighted by molar-refractivity contribution is 5.77. The maximum absolute atomic E-state index is 12.3. The lowest BCUT2D eigenvalue weighted by molar-refractivity contribution is -0.120. The molecule has 3 aromatic heterocycles. The molecule has 8 heteroatoms. The molecule has 0 saturated carbocycles. The van der Waals surface area contributed by atoms with Crippen LogP contribution in [0.4, 0.5) is 0 Å². The Labute approximate surface area is 175 Å². The second-order valence-electron chi connectivity index (χ2n) is 7.43. The molecular formula is C22H25N7O. The number of para-hydroxylation sites is 1. The lowest BCUT2D eigenvalue weighted by atomic mass is 10.1. The van der Waals surface area contributed by atoms with Crippen LogP contribution in [-0.2, 0) is 17.6 Å². The van der Waals surface area contributed by atoms with E-state index >= 15 is 0 Å². The molecule has 0 fully saturated rings. The number of carbonyl (C=O) groups is 1. The SMILES string of the molecule is Cc1cc(C)n2nc(CC(=O)NCCCc3cn(-c4ccccc4)nc3C)nc2n1. The van der Waals surface area contributed by atoms with Crippen LogP contribution < -0.4 is 5.32 Å². The first-order valence-corrected chi connectivity index (χ1v) is 10.1. The molecule has 8 nitrogen and oxygen atoms in total. The molecule has 4 rings (SSSR count). The van der Waals surface area contributed by atoms with Gasteiger partial charge in [-0.2, -0.15) is 10.1 Å². The molecule has 1 aromatic carbocycles. The van der Waals surface area contributed by atoms with Crippen LogP contribution in [-0.4, -0.2) is 41.8 Å². The topological polar surface area (TPSA) is 90.0 Å². The predicted octanol–water partition coefficient (Wildman–Crippen LogP) is 2.53. The van der Waals surface area contributed by atoms with Crippen molar-refractivity contribution in [3.63, 3.8) is 0 Å². The zero-order valence-electron chi connectivity index (χ0n) is 17.5. The Balaban J connectivity index is 1.28. The summed E-state index contributed by atoms with van der Waals surface area (Å²) in [5.74, 6) is 0.923. The normalized spacial score (nSPS) is 11.2. The molecule has 0 bridgehead atoms. The van der Waals surface area contributed by atoms with Gasteiger partial charge in [0, 0.05) is 24.1 Å². The molecule has 154 valence electrons. The maximum Gasteiger partial charge on any atom is 0.252 e. The molecule has 3 heterocycles. The number of rotatable bonds is 7. The minimum Gasteiger partial charge on any atom is -0.356 e. The number of benzene rings is 1. The van der Waals surface area contributed by atoms with E-state index in [1.165, 1.54) is 5.56 Å². The third-order valence-corrected chi connectivity index (χ3v) is 4.95. The number of nitrogens with one attached hydrogen (secondary N) is 1. The van der Waals surface area contributed by atoms with E-state index in [-0.39, 0.29) is 12.3 Å². The molecular weight excluding hydrogens is 378 g/mol. The highest BCUT2D eigenvalue weighted by Crippen LogP contribution is 2.13. The average molecular weight is 403 g/mol. The third-order valence-electron chi connectivity index (χ3n) is 4.95. The lowest BCUT2D eigenvalue weighted by Crippen LogP contribution is -2.26. The van der Waals surface area contributed by atoms with Crippen LogP contribution in [0.5, 0.6) is 0 Å². The largest absolute Gasteiger partial charge is 0.356 e. The zero-order valence-corrected chi connectivity index (χ0v) is 17.5. The quantitative estimate of drug-likeness (QED) is 0.479. The summed E-state index contributed by atoms with van der Waals surface area (Å²) in [5.41, 5.74) is 5.07. The number of aromatic nitrogens is 6. The van der Waals surface area contributed by atoms with Gasteiger partial charge in [0.15, 0.2) is 5.82 Å². The van der Waals surface area contributed by atoms with Crippen molar-refractivity contribution < 1.29 is 4.79 Å². The second kappa shape index (κ2) is 8.44. The van der Waals surface area contributed by atoms with Gasteiger partial charge in [0.25, 0.3) is 5.78 Å². The molecule has 0 spiro atoms. The van der Waals surface area contributed by atoms with Gasteiger partial charge in [0.1, 0.15) is 0 Å². The Morgan fingerprint density at radius 1 is 1.07 bits per heavy atom. The van der Waals surface area contributed by atoms with Crippen LogP contribution >= 0.6 is 0 Å². The van der Waals surface area contributed by atoms with E-state index in [1.54, 1.807) is 4.52 Å². The molecule has 1 amide bonds.